The Morgan fingerprint density at radius 2 is 2.00 bits per heavy atom. The molecule has 0 bridgehead atoms. The molecule has 0 saturated heterocycles. The maximum Gasteiger partial charge on any atom is 0.153 e. The van der Waals surface area contributed by atoms with Gasteiger partial charge in [0.15, 0.2) is 6.29 Å². The monoisotopic (exact) mass is 250 g/mol. The highest BCUT2D eigenvalue weighted by Gasteiger charge is 2.06. The molecule has 0 heterocycles. The topological polar surface area (TPSA) is 26.3 Å². The van der Waals surface area contributed by atoms with E-state index >= 15 is 0 Å². The van der Waals surface area contributed by atoms with Crippen LogP contribution in [0.3, 0.4) is 0 Å². The molecule has 4 heteroatoms. The van der Waals surface area contributed by atoms with E-state index in [1.54, 1.807) is 24.3 Å². The van der Waals surface area contributed by atoms with Gasteiger partial charge in [-0.15, -0.1) is 0 Å². The standard InChI is InChI=1S/C13H8ClFO2/c14-10-2-1-3-12(6-10)17-13-7-11(15)5-4-9(13)8-16/h1-8H. The van der Waals surface area contributed by atoms with Crippen LogP contribution >= 0.6 is 11.6 Å². The van der Waals surface area contributed by atoms with Gasteiger partial charge in [-0.3, -0.25) is 4.79 Å². The Morgan fingerprint density at radius 1 is 1.18 bits per heavy atom. The molecule has 0 unspecified atom stereocenters. The second-order valence-electron chi connectivity index (χ2n) is 3.36. The van der Waals surface area contributed by atoms with Gasteiger partial charge in [-0.25, -0.2) is 4.39 Å². The summed E-state index contributed by atoms with van der Waals surface area (Å²) in [4.78, 5) is 10.8. The highest BCUT2D eigenvalue weighted by Crippen LogP contribution is 2.27. The minimum absolute atomic E-state index is 0.169. The van der Waals surface area contributed by atoms with Crippen molar-refractivity contribution in [2.75, 3.05) is 0 Å². The molecule has 17 heavy (non-hydrogen) atoms. The molecule has 2 rings (SSSR count). The lowest BCUT2D eigenvalue weighted by Gasteiger charge is -2.08. The van der Waals surface area contributed by atoms with Crippen molar-refractivity contribution in [1.29, 1.82) is 0 Å². The van der Waals surface area contributed by atoms with Crippen molar-refractivity contribution in [3.8, 4) is 11.5 Å². The number of ether oxygens (including phenoxy) is 1. The van der Waals surface area contributed by atoms with Crippen LogP contribution in [0.15, 0.2) is 42.5 Å². The summed E-state index contributed by atoms with van der Waals surface area (Å²) in [6.07, 6.45) is 0.610. The SMILES string of the molecule is O=Cc1ccc(F)cc1Oc1cccc(Cl)c1. The Morgan fingerprint density at radius 3 is 2.71 bits per heavy atom. The van der Waals surface area contributed by atoms with E-state index in [0.717, 1.165) is 6.07 Å². The lowest BCUT2D eigenvalue weighted by atomic mass is 10.2. The van der Waals surface area contributed by atoms with Gasteiger partial charge in [-0.05, 0) is 30.3 Å². The molecule has 0 saturated carbocycles. The molecule has 2 nitrogen and oxygen atoms in total. The summed E-state index contributed by atoms with van der Waals surface area (Å²) in [5, 5.41) is 0.506. The quantitative estimate of drug-likeness (QED) is 0.767. The minimum Gasteiger partial charge on any atom is -0.456 e. The van der Waals surface area contributed by atoms with Crippen LogP contribution in [-0.2, 0) is 0 Å². The Balaban J connectivity index is 2.35. The number of rotatable bonds is 3. The van der Waals surface area contributed by atoms with Crippen LogP contribution < -0.4 is 4.74 Å². The number of carbonyl (C=O) groups is 1. The Kier molecular flexibility index (Phi) is 3.40. The maximum absolute atomic E-state index is 13.0. The van der Waals surface area contributed by atoms with Gasteiger partial charge >= 0.3 is 0 Å². The van der Waals surface area contributed by atoms with Crippen LogP contribution in [0.1, 0.15) is 10.4 Å². The molecule has 0 aromatic heterocycles. The zero-order chi connectivity index (χ0) is 12.3. The van der Waals surface area contributed by atoms with E-state index < -0.39 is 5.82 Å². The number of hydrogen-bond acceptors (Lipinski definition) is 2. The number of hydrogen-bond donors (Lipinski definition) is 0. The van der Waals surface area contributed by atoms with E-state index in [4.69, 9.17) is 16.3 Å². The van der Waals surface area contributed by atoms with Gasteiger partial charge in [0.05, 0.1) is 5.56 Å². The van der Waals surface area contributed by atoms with E-state index in [-0.39, 0.29) is 11.3 Å². The van der Waals surface area contributed by atoms with Crippen LogP contribution in [0.25, 0.3) is 0 Å². The zero-order valence-electron chi connectivity index (χ0n) is 8.69. The summed E-state index contributed by atoms with van der Waals surface area (Å²) < 4.78 is 18.4. The molecule has 2 aromatic rings. The second kappa shape index (κ2) is 4.97. The molecule has 0 N–H and O–H groups in total. The van der Waals surface area contributed by atoms with Gasteiger partial charge in [-0.2, -0.15) is 0 Å². The number of carbonyl (C=O) groups excluding carboxylic acids is 1. The molecule has 0 spiro atoms. The van der Waals surface area contributed by atoms with Gasteiger partial charge in [-0.1, -0.05) is 17.7 Å². The van der Waals surface area contributed by atoms with Crippen molar-refractivity contribution in [3.63, 3.8) is 0 Å². The van der Waals surface area contributed by atoms with Gasteiger partial charge in [0.25, 0.3) is 0 Å². The van der Waals surface area contributed by atoms with Crippen molar-refractivity contribution >= 4 is 17.9 Å². The first kappa shape index (κ1) is 11.6. The molecule has 0 aliphatic rings. The molecule has 0 fully saturated rings. The second-order valence-corrected chi connectivity index (χ2v) is 3.80. The molecule has 0 radical (unpaired) electrons. The van der Waals surface area contributed by atoms with Gasteiger partial charge in [0, 0.05) is 11.1 Å². The summed E-state index contributed by atoms with van der Waals surface area (Å²) >= 11 is 5.79. The first-order chi connectivity index (χ1) is 8.19. The van der Waals surface area contributed by atoms with E-state index in [1.807, 2.05) is 0 Å². The van der Waals surface area contributed by atoms with Crippen LogP contribution in [0.4, 0.5) is 4.39 Å². The zero-order valence-corrected chi connectivity index (χ0v) is 9.45. The largest absolute Gasteiger partial charge is 0.456 e. The van der Waals surface area contributed by atoms with Gasteiger partial charge < -0.3 is 4.74 Å². The fourth-order valence-electron chi connectivity index (χ4n) is 1.35. The first-order valence-electron chi connectivity index (χ1n) is 4.87. The van der Waals surface area contributed by atoms with Crippen molar-refractivity contribution in [1.82, 2.24) is 0 Å². The third kappa shape index (κ3) is 2.82. The van der Waals surface area contributed by atoms with E-state index in [2.05, 4.69) is 0 Å². The Bertz CT molecular complexity index is 555. The van der Waals surface area contributed by atoms with Crippen molar-refractivity contribution in [2.24, 2.45) is 0 Å². The first-order valence-corrected chi connectivity index (χ1v) is 5.25. The summed E-state index contributed by atoms with van der Waals surface area (Å²) in [6, 6.07) is 10.4. The molecule has 0 aliphatic carbocycles. The predicted molar refractivity (Wildman–Crippen MR) is 63.3 cm³/mol. The number of halogens is 2. The number of benzene rings is 2. The summed E-state index contributed by atoms with van der Waals surface area (Å²) in [5.74, 6) is 0.154. The number of aldehydes is 1. The lowest BCUT2D eigenvalue weighted by molar-refractivity contribution is 0.112. The fourth-order valence-corrected chi connectivity index (χ4v) is 1.53. The van der Waals surface area contributed by atoms with Crippen molar-refractivity contribution in [2.45, 2.75) is 0 Å². The third-order valence-corrected chi connectivity index (χ3v) is 2.36. The molecule has 0 aliphatic heterocycles. The van der Waals surface area contributed by atoms with Crippen LogP contribution in [0.5, 0.6) is 11.5 Å². The summed E-state index contributed by atoms with van der Waals surface area (Å²) in [5.41, 5.74) is 0.284. The molecule has 86 valence electrons. The van der Waals surface area contributed by atoms with E-state index in [0.29, 0.717) is 17.1 Å². The fraction of sp³-hybridized carbons (Fsp3) is 0. The lowest BCUT2D eigenvalue weighted by Crippen LogP contribution is -1.91. The van der Waals surface area contributed by atoms with Crippen molar-refractivity contribution < 1.29 is 13.9 Å². The van der Waals surface area contributed by atoms with Crippen LogP contribution in [-0.4, -0.2) is 6.29 Å². The smallest absolute Gasteiger partial charge is 0.153 e. The van der Waals surface area contributed by atoms with Crippen molar-refractivity contribution in [3.05, 3.63) is 58.9 Å². The Hall–Kier alpha value is -1.87. The average molecular weight is 251 g/mol. The van der Waals surface area contributed by atoms with Crippen LogP contribution in [0, 0.1) is 5.82 Å². The normalized spacial score (nSPS) is 10.0. The molecular weight excluding hydrogens is 243 g/mol. The van der Waals surface area contributed by atoms with Gasteiger partial charge in [0.1, 0.15) is 17.3 Å². The minimum atomic E-state index is -0.465. The van der Waals surface area contributed by atoms with Crippen LogP contribution in [0.2, 0.25) is 5.02 Å². The molecular formula is C13H8ClFO2. The highest BCUT2D eigenvalue weighted by molar-refractivity contribution is 6.30. The molecule has 0 amide bonds. The van der Waals surface area contributed by atoms with E-state index in [1.165, 1.54) is 12.1 Å². The highest BCUT2D eigenvalue weighted by atomic mass is 35.5. The summed E-state index contributed by atoms with van der Waals surface area (Å²) in [6.45, 7) is 0. The molecule has 2 aromatic carbocycles. The van der Waals surface area contributed by atoms with Gasteiger partial charge in [0.2, 0.25) is 0 Å². The maximum atomic E-state index is 13.0. The molecule has 0 atom stereocenters. The average Bonchev–Trinajstić information content (AvgIpc) is 2.29. The summed E-state index contributed by atoms with van der Waals surface area (Å²) in [7, 11) is 0. The Labute approximate surface area is 103 Å². The van der Waals surface area contributed by atoms with E-state index in [9.17, 15) is 9.18 Å². The predicted octanol–water partition coefficient (Wildman–Crippen LogP) is 4.08. The third-order valence-electron chi connectivity index (χ3n) is 2.13.